The van der Waals surface area contributed by atoms with Gasteiger partial charge in [-0.1, -0.05) is 17.7 Å². The summed E-state index contributed by atoms with van der Waals surface area (Å²) >= 11 is 5.94. The maximum atomic E-state index is 13.6. The number of hydrogen-bond acceptors (Lipinski definition) is 6. The molecule has 3 aromatic rings. The second-order valence-electron chi connectivity index (χ2n) is 9.27. The first-order chi connectivity index (χ1) is 17.6. The van der Waals surface area contributed by atoms with Gasteiger partial charge in [-0.15, -0.1) is 0 Å². The lowest BCUT2D eigenvalue weighted by Crippen LogP contribution is -2.34. The molecule has 0 unspecified atom stereocenters. The molecule has 188 valence electrons. The van der Waals surface area contributed by atoms with Crippen LogP contribution in [0.4, 0.5) is 21.6 Å². The van der Waals surface area contributed by atoms with Crippen molar-refractivity contribution in [2.45, 2.75) is 32.1 Å². The molecule has 1 aliphatic carbocycles. The van der Waals surface area contributed by atoms with Crippen LogP contribution < -0.4 is 15.4 Å². The molecule has 9 heteroatoms. The van der Waals surface area contributed by atoms with E-state index in [1.165, 1.54) is 37.7 Å². The van der Waals surface area contributed by atoms with Crippen LogP contribution in [0.25, 0.3) is 10.9 Å². The van der Waals surface area contributed by atoms with E-state index in [1.54, 1.807) is 12.1 Å². The number of nitrogens with one attached hydrogen (secondary N) is 2. The van der Waals surface area contributed by atoms with E-state index in [2.05, 4.69) is 20.6 Å². The normalized spacial score (nSPS) is 15.9. The number of aromatic nitrogens is 2. The maximum absolute atomic E-state index is 13.6. The fraction of sp³-hybridized carbons (Fsp3) is 0.370. The van der Waals surface area contributed by atoms with Crippen LogP contribution in [0.2, 0.25) is 5.02 Å². The summed E-state index contributed by atoms with van der Waals surface area (Å²) in [5.74, 6) is 1.44. The summed E-state index contributed by atoms with van der Waals surface area (Å²) in [5, 5.41) is 7.39. The molecule has 0 bridgehead atoms. The van der Waals surface area contributed by atoms with Crippen molar-refractivity contribution in [3.63, 3.8) is 0 Å². The van der Waals surface area contributed by atoms with Crippen LogP contribution in [0.3, 0.4) is 0 Å². The summed E-state index contributed by atoms with van der Waals surface area (Å²) in [5.41, 5.74) is 2.12. The molecule has 2 aliphatic rings. The third-order valence-corrected chi connectivity index (χ3v) is 6.72. The first-order valence-electron chi connectivity index (χ1n) is 12.4. The highest BCUT2D eigenvalue weighted by atomic mass is 35.5. The average Bonchev–Trinajstić information content (AvgIpc) is 3.73. The number of likely N-dealkylation sites (tertiary alicyclic amines) is 1. The maximum Gasteiger partial charge on any atom is 0.246 e. The number of rotatable bonds is 9. The SMILES string of the molecule is O=C(C=CCNc1cc2c(Nc3ccc(F)c(Cl)c3)ncnc2cc1OCC1CC1)N1CCCCC1. The van der Waals surface area contributed by atoms with E-state index in [0.29, 0.717) is 41.8 Å². The number of halogens is 2. The molecule has 7 nitrogen and oxygen atoms in total. The van der Waals surface area contributed by atoms with Crippen molar-refractivity contribution < 1.29 is 13.9 Å². The molecule has 2 N–H and O–H groups in total. The third-order valence-electron chi connectivity index (χ3n) is 6.43. The molecule has 2 aromatic carbocycles. The van der Waals surface area contributed by atoms with E-state index in [0.717, 1.165) is 37.0 Å². The molecule has 1 saturated heterocycles. The lowest BCUT2D eigenvalue weighted by atomic mass is 10.1. The van der Waals surface area contributed by atoms with Crippen LogP contribution in [0.5, 0.6) is 5.75 Å². The predicted octanol–water partition coefficient (Wildman–Crippen LogP) is 5.94. The summed E-state index contributed by atoms with van der Waals surface area (Å²) in [7, 11) is 0. The molecule has 0 spiro atoms. The standard InChI is InChI=1S/C27H29ClFN5O2/c28-21-13-19(8-9-22(21)29)33-27-20-14-24(30-10-4-5-26(35)34-11-2-1-3-12-34)25(36-16-18-6-7-18)15-23(20)31-17-32-27/h4-5,8-9,13-15,17-18,30H,1-3,6-7,10-12,16H2,(H,31,32,33). The van der Waals surface area contributed by atoms with Gasteiger partial charge in [0.25, 0.3) is 0 Å². The average molecular weight is 510 g/mol. The number of hydrogen-bond donors (Lipinski definition) is 2. The molecule has 0 atom stereocenters. The quantitative estimate of drug-likeness (QED) is 0.348. The number of benzene rings is 2. The zero-order chi connectivity index (χ0) is 24.9. The highest BCUT2D eigenvalue weighted by Gasteiger charge is 2.23. The van der Waals surface area contributed by atoms with Gasteiger partial charge in [-0.2, -0.15) is 0 Å². The van der Waals surface area contributed by atoms with Crippen molar-refractivity contribution in [2.24, 2.45) is 5.92 Å². The molecule has 2 heterocycles. The van der Waals surface area contributed by atoms with E-state index in [1.807, 2.05) is 23.1 Å². The number of carbonyl (C=O) groups is 1. The van der Waals surface area contributed by atoms with Gasteiger partial charge in [0.2, 0.25) is 5.91 Å². The van der Waals surface area contributed by atoms with E-state index >= 15 is 0 Å². The second kappa shape index (κ2) is 11.1. The molecule has 1 aliphatic heterocycles. The molecule has 5 rings (SSSR count). The number of ether oxygens (including phenoxy) is 1. The Morgan fingerprint density at radius 2 is 2.00 bits per heavy atom. The number of anilines is 3. The highest BCUT2D eigenvalue weighted by molar-refractivity contribution is 6.31. The molecule has 1 aromatic heterocycles. The Morgan fingerprint density at radius 3 is 2.78 bits per heavy atom. The highest BCUT2D eigenvalue weighted by Crippen LogP contribution is 2.36. The Balaban J connectivity index is 1.36. The molecule has 36 heavy (non-hydrogen) atoms. The fourth-order valence-electron chi connectivity index (χ4n) is 4.19. The van der Waals surface area contributed by atoms with Gasteiger partial charge in [0.15, 0.2) is 0 Å². The van der Waals surface area contributed by atoms with Crippen molar-refractivity contribution in [1.29, 1.82) is 0 Å². The van der Waals surface area contributed by atoms with E-state index in [4.69, 9.17) is 16.3 Å². The summed E-state index contributed by atoms with van der Waals surface area (Å²) in [6.07, 6.45) is 10.7. The minimum atomic E-state index is -0.481. The summed E-state index contributed by atoms with van der Waals surface area (Å²) in [6, 6.07) is 8.26. The lowest BCUT2D eigenvalue weighted by Gasteiger charge is -2.25. The molecular weight excluding hydrogens is 481 g/mol. The molecule has 0 radical (unpaired) electrons. The largest absolute Gasteiger partial charge is 0.491 e. The van der Waals surface area contributed by atoms with Crippen molar-refractivity contribution in [1.82, 2.24) is 14.9 Å². The Bertz CT molecular complexity index is 1270. The van der Waals surface area contributed by atoms with Gasteiger partial charge < -0.3 is 20.3 Å². The van der Waals surface area contributed by atoms with Crippen LogP contribution in [-0.4, -0.2) is 47.0 Å². The molecule has 2 fully saturated rings. The molecule has 1 amide bonds. The Kier molecular flexibility index (Phi) is 7.51. The van der Waals surface area contributed by atoms with Crippen LogP contribution >= 0.6 is 11.6 Å². The van der Waals surface area contributed by atoms with Crippen LogP contribution in [0, 0.1) is 11.7 Å². The van der Waals surface area contributed by atoms with Gasteiger partial charge in [0.1, 0.15) is 23.7 Å². The van der Waals surface area contributed by atoms with E-state index in [9.17, 15) is 9.18 Å². The lowest BCUT2D eigenvalue weighted by molar-refractivity contribution is -0.126. The van der Waals surface area contributed by atoms with Gasteiger partial charge in [-0.05, 0) is 62.3 Å². The van der Waals surface area contributed by atoms with Crippen LogP contribution in [-0.2, 0) is 4.79 Å². The third kappa shape index (κ3) is 6.05. The number of fused-ring (bicyclic) bond motifs is 1. The number of piperidine rings is 1. The first kappa shape index (κ1) is 24.3. The summed E-state index contributed by atoms with van der Waals surface area (Å²) in [4.78, 5) is 23.1. The van der Waals surface area contributed by atoms with E-state index in [-0.39, 0.29) is 10.9 Å². The van der Waals surface area contributed by atoms with Gasteiger partial charge >= 0.3 is 0 Å². The number of carbonyl (C=O) groups excluding carboxylic acids is 1. The van der Waals surface area contributed by atoms with Gasteiger partial charge in [-0.3, -0.25) is 4.79 Å². The zero-order valence-electron chi connectivity index (χ0n) is 20.0. The minimum absolute atomic E-state index is 0.0300. The van der Waals surface area contributed by atoms with Crippen molar-refractivity contribution in [2.75, 3.05) is 36.9 Å². The van der Waals surface area contributed by atoms with Crippen LogP contribution in [0.1, 0.15) is 32.1 Å². The van der Waals surface area contributed by atoms with E-state index < -0.39 is 5.82 Å². The van der Waals surface area contributed by atoms with Crippen molar-refractivity contribution in [3.8, 4) is 5.75 Å². The predicted molar refractivity (Wildman–Crippen MR) is 141 cm³/mol. The Labute approximate surface area is 214 Å². The second-order valence-corrected chi connectivity index (χ2v) is 9.67. The van der Waals surface area contributed by atoms with Gasteiger partial charge in [-0.25, -0.2) is 14.4 Å². The van der Waals surface area contributed by atoms with Gasteiger partial charge in [0, 0.05) is 42.9 Å². The number of nitrogens with zero attached hydrogens (tertiary/aromatic N) is 3. The monoisotopic (exact) mass is 509 g/mol. The van der Waals surface area contributed by atoms with Crippen molar-refractivity contribution >= 4 is 45.6 Å². The first-order valence-corrected chi connectivity index (χ1v) is 12.8. The Morgan fingerprint density at radius 1 is 1.17 bits per heavy atom. The van der Waals surface area contributed by atoms with Gasteiger partial charge in [0.05, 0.1) is 22.8 Å². The molecule has 1 saturated carbocycles. The van der Waals surface area contributed by atoms with Crippen LogP contribution in [0.15, 0.2) is 48.8 Å². The minimum Gasteiger partial charge on any atom is -0.491 e. The molecular formula is C27H29ClFN5O2. The van der Waals surface area contributed by atoms with Crippen molar-refractivity contribution in [3.05, 3.63) is 59.7 Å². The number of amides is 1. The summed E-state index contributed by atoms with van der Waals surface area (Å²) < 4.78 is 19.7. The zero-order valence-corrected chi connectivity index (χ0v) is 20.7. The summed E-state index contributed by atoms with van der Waals surface area (Å²) in [6.45, 7) is 2.79. The Hall–Kier alpha value is -3.39. The topological polar surface area (TPSA) is 79.4 Å². The smallest absolute Gasteiger partial charge is 0.246 e. The fourth-order valence-corrected chi connectivity index (χ4v) is 4.37.